The molecule has 2 rings (SSSR count). The van der Waals surface area contributed by atoms with Crippen LogP contribution in [0, 0.1) is 0 Å². The van der Waals surface area contributed by atoms with E-state index >= 15 is 0 Å². The molecule has 2 unspecified atom stereocenters. The molecule has 2 aromatic rings. The van der Waals surface area contributed by atoms with Gasteiger partial charge in [0.25, 0.3) is 0 Å². The smallest absolute Gasteiger partial charge is 0.122 e. The molecule has 0 aliphatic carbocycles. The zero-order chi connectivity index (χ0) is 12.3. The zero-order valence-electron chi connectivity index (χ0n) is 9.25. The van der Waals surface area contributed by atoms with Gasteiger partial charge < -0.3 is 10.2 Å². The van der Waals surface area contributed by atoms with Crippen LogP contribution < -0.4 is 0 Å². The molecule has 17 heavy (non-hydrogen) atoms. The number of halogens is 1. The standard InChI is InChI=1S/C13H14ClNO2/c14-7-5-11(16)13(17)12-10-4-2-1-3-9(10)6-8-15-12/h1-4,6,8,11,13,16-17H,5,7H2. The molecular formula is C13H14ClNO2. The minimum Gasteiger partial charge on any atom is -0.390 e. The Morgan fingerprint density at radius 1 is 1.18 bits per heavy atom. The first kappa shape index (κ1) is 12.3. The van der Waals surface area contributed by atoms with E-state index in [9.17, 15) is 10.2 Å². The number of benzene rings is 1. The number of rotatable bonds is 4. The van der Waals surface area contributed by atoms with E-state index in [4.69, 9.17) is 11.6 Å². The lowest BCUT2D eigenvalue weighted by Crippen LogP contribution is -2.19. The highest BCUT2D eigenvalue weighted by Crippen LogP contribution is 2.25. The molecule has 0 amide bonds. The first-order valence-electron chi connectivity index (χ1n) is 5.50. The van der Waals surface area contributed by atoms with Crippen LogP contribution in [0.1, 0.15) is 18.2 Å². The van der Waals surface area contributed by atoms with E-state index in [2.05, 4.69) is 4.98 Å². The summed E-state index contributed by atoms with van der Waals surface area (Å²) in [7, 11) is 0. The first-order valence-corrected chi connectivity index (χ1v) is 6.03. The second-order valence-corrected chi connectivity index (χ2v) is 4.29. The van der Waals surface area contributed by atoms with Crippen molar-refractivity contribution in [3.63, 3.8) is 0 Å². The molecule has 90 valence electrons. The Morgan fingerprint density at radius 3 is 2.71 bits per heavy atom. The lowest BCUT2D eigenvalue weighted by atomic mass is 10.0. The third kappa shape index (κ3) is 2.57. The van der Waals surface area contributed by atoms with Crippen LogP contribution in [0.3, 0.4) is 0 Å². The molecule has 0 aliphatic heterocycles. The summed E-state index contributed by atoms with van der Waals surface area (Å²) >= 11 is 5.55. The minimum atomic E-state index is -1.00. The Labute approximate surface area is 105 Å². The van der Waals surface area contributed by atoms with Crippen molar-refractivity contribution < 1.29 is 10.2 Å². The number of alkyl halides is 1. The normalized spacial score (nSPS) is 14.8. The van der Waals surface area contributed by atoms with Crippen molar-refractivity contribution in [3.05, 3.63) is 42.2 Å². The summed E-state index contributed by atoms with van der Waals surface area (Å²) in [5, 5.41) is 21.7. The predicted octanol–water partition coefficient (Wildman–Crippen LogP) is 2.26. The van der Waals surface area contributed by atoms with Crippen molar-refractivity contribution in [2.75, 3.05) is 5.88 Å². The van der Waals surface area contributed by atoms with Crippen LogP contribution in [0.4, 0.5) is 0 Å². The van der Waals surface area contributed by atoms with Gasteiger partial charge in [-0.1, -0.05) is 24.3 Å². The fraction of sp³-hybridized carbons (Fsp3) is 0.308. The quantitative estimate of drug-likeness (QED) is 0.820. The maximum absolute atomic E-state index is 10.0. The Bertz CT molecular complexity index is 498. The van der Waals surface area contributed by atoms with Gasteiger partial charge in [-0.25, -0.2) is 0 Å². The van der Waals surface area contributed by atoms with Crippen molar-refractivity contribution in [2.24, 2.45) is 0 Å². The molecule has 3 nitrogen and oxygen atoms in total. The highest BCUT2D eigenvalue weighted by Gasteiger charge is 2.20. The van der Waals surface area contributed by atoms with E-state index < -0.39 is 12.2 Å². The van der Waals surface area contributed by atoms with Crippen LogP contribution in [0.25, 0.3) is 10.8 Å². The van der Waals surface area contributed by atoms with Gasteiger partial charge >= 0.3 is 0 Å². The van der Waals surface area contributed by atoms with Gasteiger partial charge in [-0.2, -0.15) is 0 Å². The average molecular weight is 252 g/mol. The molecule has 0 saturated heterocycles. The largest absolute Gasteiger partial charge is 0.390 e. The third-order valence-electron chi connectivity index (χ3n) is 2.75. The number of pyridine rings is 1. The fourth-order valence-corrected chi connectivity index (χ4v) is 2.05. The second kappa shape index (κ2) is 5.45. The summed E-state index contributed by atoms with van der Waals surface area (Å²) in [5.74, 6) is 0.309. The first-order chi connectivity index (χ1) is 8.24. The van der Waals surface area contributed by atoms with Gasteiger partial charge in [0.2, 0.25) is 0 Å². The van der Waals surface area contributed by atoms with Crippen LogP contribution in [0.15, 0.2) is 36.5 Å². The predicted molar refractivity (Wildman–Crippen MR) is 68.0 cm³/mol. The average Bonchev–Trinajstić information content (AvgIpc) is 2.37. The SMILES string of the molecule is OC(CCCl)C(O)c1nccc2ccccc12. The molecule has 4 heteroatoms. The van der Waals surface area contributed by atoms with E-state index in [1.165, 1.54) is 0 Å². The van der Waals surface area contributed by atoms with Crippen molar-refractivity contribution in [2.45, 2.75) is 18.6 Å². The summed E-state index contributed by atoms with van der Waals surface area (Å²) in [4.78, 5) is 4.16. The molecule has 1 aromatic heterocycles. The van der Waals surface area contributed by atoms with E-state index in [0.717, 1.165) is 10.8 Å². The third-order valence-corrected chi connectivity index (χ3v) is 2.97. The monoisotopic (exact) mass is 251 g/mol. The van der Waals surface area contributed by atoms with Crippen LogP contribution in [0.2, 0.25) is 0 Å². The Hall–Kier alpha value is -1.16. The maximum atomic E-state index is 10.0. The number of hydrogen-bond donors (Lipinski definition) is 2. The van der Waals surface area contributed by atoms with Gasteiger partial charge in [0, 0.05) is 17.5 Å². The molecule has 1 aromatic carbocycles. The highest BCUT2D eigenvalue weighted by atomic mass is 35.5. The van der Waals surface area contributed by atoms with Gasteiger partial charge in [0.05, 0.1) is 11.8 Å². The molecular weight excluding hydrogens is 238 g/mol. The summed E-state index contributed by atoms with van der Waals surface area (Å²) in [6, 6.07) is 9.51. The molecule has 1 heterocycles. The van der Waals surface area contributed by atoms with Gasteiger partial charge in [-0.3, -0.25) is 4.98 Å². The topological polar surface area (TPSA) is 53.4 Å². The number of aliphatic hydroxyl groups is 2. The summed E-state index contributed by atoms with van der Waals surface area (Å²) in [6.07, 6.45) is 0.0905. The molecule has 0 aliphatic rings. The van der Waals surface area contributed by atoms with Crippen LogP contribution in [0.5, 0.6) is 0 Å². The lowest BCUT2D eigenvalue weighted by molar-refractivity contribution is 0.0154. The maximum Gasteiger partial charge on any atom is 0.122 e. The number of nitrogens with zero attached hydrogens (tertiary/aromatic N) is 1. The molecule has 2 N–H and O–H groups in total. The zero-order valence-corrected chi connectivity index (χ0v) is 10.0. The summed E-state index contributed by atoms with van der Waals surface area (Å²) in [5.41, 5.74) is 0.501. The van der Waals surface area contributed by atoms with Gasteiger partial charge in [-0.05, 0) is 17.9 Å². The summed E-state index contributed by atoms with van der Waals surface area (Å²) in [6.45, 7) is 0. The Morgan fingerprint density at radius 2 is 1.94 bits per heavy atom. The number of aromatic nitrogens is 1. The number of fused-ring (bicyclic) bond motifs is 1. The highest BCUT2D eigenvalue weighted by molar-refractivity contribution is 6.17. The summed E-state index contributed by atoms with van der Waals surface area (Å²) < 4.78 is 0. The molecule has 0 saturated carbocycles. The van der Waals surface area contributed by atoms with Gasteiger partial charge in [0.15, 0.2) is 0 Å². The van der Waals surface area contributed by atoms with Crippen molar-refractivity contribution in [1.82, 2.24) is 4.98 Å². The molecule has 2 atom stereocenters. The van der Waals surface area contributed by atoms with Crippen LogP contribution in [-0.2, 0) is 0 Å². The minimum absolute atomic E-state index is 0.309. The van der Waals surface area contributed by atoms with Crippen LogP contribution >= 0.6 is 11.6 Å². The Balaban J connectivity index is 2.41. The van der Waals surface area contributed by atoms with Gasteiger partial charge in [0.1, 0.15) is 6.10 Å². The molecule has 0 spiro atoms. The lowest BCUT2D eigenvalue weighted by Gasteiger charge is -2.17. The van der Waals surface area contributed by atoms with Crippen molar-refractivity contribution >= 4 is 22.4 Å². The van der Waals surface area contributed by atoms with Crippen molar-refractivity contribution in [3.8, 4) is 0 Å². The van der Waals surface area contributed by atoms with E-state index in [1.54, 1.807) is 6.20 Å². The fourth-order valence-electron chi connectivity index (χ4n) is 1.83. The van der Waals surface area contributed by atoms with E-state index in [0.29, 0.717) is 18.0 Å². The Kier molecular flexibility index (Phi) is 3.94. The molecule has 0 bridgehead atoms. The van der Waals surface area contributed by atoms with Crippen LogP contribution in [-0.4, -0.2) is 27.2 Å². The second-order valence-electron chi connectivity index (χ2n) is 3.91. The van der Waals surface area contributed by atoms with E-state index in [-0.39, 0.29) is 0 Å². The van der Waals surface area contributed by atoms with Crippen molar-refractivity contribution in [1.29, 1.82) is 0 Å². The van der Waals surface area contributed by atoms with E-state index in [1.807, 2.05) is 30.3 Å². The number of hydrogen-bond acceptors (Lipinski definition) is 3. The molecule has 0 radical (unpaired) electrons. The van der Waals surface area contributed by atoms with Gasteiger partial charge in [-0.15, -0.1) is 11.6 Å². The number of aliphatic hydroxyl groups excluding tert-OH is 2. The molecule has 0 fully saturated rings.